The van der Waals surface area contributed by atoms with Crippen LogP contribution in [0.2, 0.25) is 0 Å². The van der Waals surface area contributed by atoms with Gasteiger partial charge in [0.1, 0.15) is 5.75 Å². The molecule has 1 aliphatic rings. The molecule has 1 N–H and O–H groups in total. The van der Waals surface area contributed by atoms with Crippen LogP contribution >= 0.6 is 0 Å². The third-order valence-corrected chi connectivity index (χ3v) is 3.52. The van der Waals surface area contributed by atoms with Gasteiger partial charge in [0.05, 0.1) is 12.2 Å². The van der Waals surface area contributed by atoms with Crippen LogP contribution in [0, 0.1) is 5.41 Å². The van der Waals surface area contributed by atoms with E-state index in [1.165, 1.54) is 0 Å². The molecule has 86 valence electrons. The van der Waals surface area contributed by atoms with Gasteiger partial charge in [-0.1, -0.05) is 31.2 Å². The average Bonchev–Trinajstić information content (AvgIpc) is 3.07. The summed E-state index contributed by atoms with van der Waals surface area (Å²) in [6, 6.07) is 9.66. The van der Waals surface area contributed by atoms with Crippen molar-refractivity contribution in [1.29, 1.82) is 0 Å². The van der Waals surface area contributed by atoms with Gasteiger partial charge in [-0.05, 0) is 25.0 Å². The molecule has 0 aliphatic heterocycles. The van der Waals surface area contributed by atoms with Gasteiger partial charge in [0, 0.05) is 5.41 Å². The van der Waals surface area contributed by atoms with E-state index in [1.807, 2.05) is 43.3 Å². The van der Waals surface area contributed by atoms with Crippen LogP contribution in [0.15, 0.2) is 43.0 Å². The normalized spacial score (nSPS) is 20.9. The molecule has 0 spiro atoms. The Balaban J connectivity index is 2.01. The summed E-state index contributed by atoms with van der Waals surface area (Å²) >= 11 is 0. The Morgan fingerprint density at radius 1 is 1.44 bits per heavy atom. The van der Waals surface area contributed by atoms with Gasteiger partial charge >= 0.3 is 0 Å². The Hall–Kier alpha value is -1.28. The standard InChI is InChI=1S/C14H18O2/c1-3-13(2,14(15)9-10-14)11-16-12-7-5-4-6-8-12/h3-8,15H,1,9-11H2,2H3. The van der Waals surface area contributed by atoms with Gasteiger partial charge in [0.15, 0.2) is 0 Å². The minimum absolute atomic E-state index is 0.358. The van der Waals surface area contributed by atoms with Gasteiger partial charge in [0.25, 0.3) is 0 Å². The molecule has 0 radical (unpaired) electrons. The molecule has 1 atom stereocenters. The molecule has 1 aliphatic carbocycles. The minimum atomic E-state index is -0.608. The number of ether oxygens (including phenoxy) is 1. The number of hydrogen-bond donors (Lipinski definition) is 1. The van der Waals surface area contributed by atoms with Crippen molar-refractivity contribution in [2.75, 3.05) is 6.61 Å². The zero-order valence-corrected chi connectivity index (χ0v) is 9.65. The monoisotopic (exact) mass is 218 g/mol. The summed E-state index contributed by atoms with van der Waals surface area (Å²) in [7, 11) is 0. The molecule has 1 fully saturated rings. The second kappa shape index (κ2) is 3.95. The molecule has 0 saturated heterocycles. The van der Waals surface area contributed by atoms with Crippen molar-refractivity contribution in [3.63, 3.8) is 0 Å². The van der Waals surface area contributed by atoms with Crippen molar-refractivity contribution >= 4 is 0 Å². The largest absolute Gasteiger partial charge is 0.493 e. The third-order valence-electron chi connectivity index (χ3n) is 3.52. The van der Waals surface area contributed by atoms with E-state index < -0.39 is 5.60 Å². The van der Waals surface area contributed by atoms with Crippen LogP contribution in [0.5, 0.6) is 5.75 Å². The molecule has 1 aromatic rings. The molecule has 0 bridgehead atoms. The predicted octanol–water partition coefficient (Wildman–Crippen LogP) is 2.78. The van der Waals surface area contributed by atoms with Crippen molar-refractivity contribution in [2.45, 2.75) is 25.4 Å². The zero-order chi connectivity index (χ0) is 11.6. The number of rotatable bonds is 5. The molecule has 0 amide bonds. The second-order valence-corrected chi connectivity index (χ2v) is 4.75. The number of hydrogen-bond acceptors (Lipinski definition) is 2. The summed E-state index contributed by atoms with van der Waals surface area (Å²) in [5.41, 5.74) is -0.966. The quantitative estimate of drug-likeness (QED) is 0.770. The summed E-state index contributed by atoms with van der Waals surface area (Å²) in [5, 5.41) is 10.2. The maximum Gasteiger partial charge on any atom is 0.119 e. The summed E-state index contributed by atoms with van der Waals surface area (Å²) in [6.07, 6.45) is 3.49. The fourth-order valence-corrected chi connectivity index (χ4v) is 1.82. The lowest BCUT2D eigenvalue weighted by molar-refractivity contribution is 0.0138. The maximum absolute atomic E-state index is 10.2. The zero-order valence-electron chi connectivity index (χ0n) is 9.65. The minimum Gasteiger partial charge on any atom is -0.493 e. The highest BCUT2D eigenvalue weighted by atomic mass is 16.5. The van der Waals surface area contributed by atoms with Gasteiger partial charge in [-0.25, -0.2) is 0 Å². The van der Waals surface area contributed by atoms with Crippen molar-refractivity contribution in [2.24, 2.45) is 5.41 Å². The van der Waals surface area contributed by atoms with E-state index in [0.717, 1.165) is 18.6 Å². The van der Waals surface area contributed by atoms with Crippen LogP contribution in [-0.4, -0.2) is 17.3 Å². The fraction of sp³-hybridized carbons (Fsp3) is 0.429. The fourth-order valence-electron chi connectivity index (χ4n) is 1.82. The SMILES string of the molecule is C=CC(C)(COc1ccccc1)C1(O)CC1. The van der Waals surface area contributed by atoms with Gasteiger partial charge in [0.2, 0.25) is 0 Å². The summed E-state index contributed by atoms with van der Waals surface area (Å²) < 4.78 is 5.70. The second-order valence-electron chi connectivity index (χ2n) is 4.75. The van der Waals surface area contributed by atoms with Crippen molar-refractivity contribution in [3.05, 3.63) is 43.0 Å². The Morgan fingerprint density at radius 2 is 2.06 bits per heavy atom. The molecule has 1 aromatic carbocycles. The lowest BCUT2D eigenvalue weighted by Crippen LogP contribution is -2.37. The van der Waals surface area contributed by atoms with Crippen molar-refractivity contribution in [3.8, 4) is 5.75 Å². The molecule has 1 saturated carbocycles. The van der Waals surface area contributed by atoms with E-state index in [4.69, 9.17) is 4.74 Å². The molecule has 16 heavy (non-hydrogen) atoms. The highest BCUT2D eigenvalue weighted by Crippen LogP contribution is 2.50. The molecule has 1 unspecified atom stereocenters. The van der Waals surface area contributed by atoms with Crippen LogP contribution in [0.1, 0.15) is 19.8 Å². The number of para-hydroxylation sites is 1. The van der Waals surface area contributed by atoms with Crippen molar-refractivity contribution < 1.29 is 9.84 Å². The van der Waals surface area contributed by atoms with E-state index in [0.29, 0.717) is 6.61 Å². The molecule has 2 rings (SSSR count). The number of benzene rings is 1. The molecular formula is C14H18O2. The van der Waals surface area contributed by atoms with E-state index in [9.17, 15) is 5.11 Å². The van der Waals surface area contributed by atoms with Crippen LogP contribution in [0.25, 0.3) is 0 Å². The van der Waals surface area contributed by atoms with Gasteiger partial charge in [-0.15, -0.1) is 6.58 Å². The summed E-state index contributed by atoms with van der Waals surface area (Å²) in [5.74, 6) is 0.833. The summed E-state index contributed by atoms with van der Waals surface area (Å²) in [4.78, 5) is 0. The van der Waals surface area contributed by atoms with Gasteiger partial charge in [-0.2, -0.15) is 0 Å². The van der Waals surface area contributed by atoms with E-state index in [2.05, 4.69) is 6.58 Å². The first kappa shape index (κ1) is 11.2. The predicted molar refractivity (Wildman–Crippen MR) is 64.4 cm³/mol. The maximum atomic E-state index is 10.2. The van der Waals surface area contributed by atoms with Crippen molar-refractivity contribution in [1.82, 2.24) is 0 Å². The van der Waals surface area contributed by atoms with E-state index >= 15 is 0 Å². The first-order chi connectivity index (χ1) is 7.60. The van der Waals surface area contributed by atoms with Crippen LogP contribution in [0.3, 0.4) is 0 Å². The molecule has 2 nitrogen and oxygen atoms in total. The van der Waals surface area contributed by atoms with Crippen LogP contribution < -0.4 is 4.74 Å². The molecule has 0 heterocycles. The lowest BCUT2D eigenvalue weighted by Gasteiger charge is -2.31. The van der Waals surface area contributed by atoms with E-state index in [1.54, 1.807) is 0 Å². The Morgan fingerprint density at radius 3 is 2.56 bits per heavy atom. The highest BCUT2D eigenvalue weighted by Gasteiger charge is 2.54. The van der Waals surface area contributed by atoms with Crippen LogP contribution in [-0.2, 0) is 0 Å². The Bertz CT molecular complexity index is 368. The molecule has 2 heteroatoms. The molecule has 0 aromatic heterocycles. The highest BCUT2D eigenvalue weighted by molar-refractivity contribution is 5.22. The lowest BCUT2D eigenvalue weighted by atomic mass is 9.83. The smallest absolute Gasteiger partial charge is 0.119 e. The molecular weight excluding hydrogens is 200 g/mol. The Kier molecular flexibility index (Phi) is 2.76. The van der Waals surface area contributed by atoms with Gasteiger partial charge < -0.3 is 9.84 Å². The summed E-state index contributed by atoms with van der Waals surface area (Å²) in [6.45, 7) is 6.28. The number of aliphatic hydroxyl groups is 1. The Labute approximate surface area is 96.6 Å². The third kappa shape index (κ3) is 1.98. The first-order valence-electron chi connectivity index (χ1n) is 5.63. The van der Waals surface area contributed by atoms with Crippen LogP contribution in [0.4, 0.5) is 0 Å². The van der Waals surface area contributed by atoms with Gasteiger partial charge in [-0.3, -0.25) is 0 Å². The topological polar surface area (TPSA) is 29.5 Å². The van der Waals surface area contributed by atoms with E-state index in [-0.39, 0.29) is 5.41 Å². The first-order valence-corrected chi connectivity index (χ1v) is 5.63. The average molecular weight is 218 g/mol.